The Hall–Kier alpha value is -1.04. The number of rotatable bonds is 4. The lowest BCUT2D eigenvalue weighted by Crippen LogP contribution is -2.08. The molecule has 17 heavy (non-hydrogen) atoms. The third-order valence-electron chi connectivity index (χ3n) is 2.76. The number of halogens is 1. The molecule has 2 rings (SSSR count). The van der Waals surface area contributed by atoms with Crippen molar-refractivity contribution in [1.82, 2.24) is 9.78 Å². The van der Waals surface area contributed by atoms with Crippen LogP contribution < -0.4 is 5.32 Å². The van der Waals surface area contributed by atoms with E-state index in [4.69, 9.17) is 0 Å². The fraction of sp³-hybridized carbons (Fsp3) is 0.308. The van der Waals surface area contributed by atoms with E-state index in [2.05, 4.69) is 71.1 Å². The van der Waals surface area contributed by atoms with Crippen LogP contribution in [0.15, 0.2) is 30.5 Å². The van der Waals surface area contributed by atoms with Crippen LogP contribution in [-0.4, -0.2) is 9.78 Å². The topological polar surface area (TPSA) is 29.9 Å². The Morgan fingerprint density at radius 2 is 2.18 bits per heavy atom. The van der Waals surface area contributed by atoms with Crippen molar-refractivity contribution < 1.29 is 0 Å². The Bertz CT molecular complexity index is 505. The summed E-state index contributed by atoms with van der Waals surface area (Å²) < 4.78 is 3.26. The Morgan fingerprint density at radius 3 is 2.94 bits per heavy atom. The first-order chi connectivity index (χ1) is 8.20. The Kier molecular flexibility index (Phi) is 4.04. The van der Waals surface area contributed by atoms with E-state index in [-0.39, 0.29) is 0 Å². The van der Waals surface area contributed by atoms with Crippen LogP contribution in [0.3, 0.4) is 0 Å². The van der Waals surface area contributed by atoms with Crippen molar-refractivity contribution in [3.8, 4) is 0 Å². The third kappa shape index (κ3) is 3.00. The van der Waals surface area contributed by atoms with E-state index in [9.17, 15) is 0 Å². The fourth-order valence-electron chi connectivity index (χ4n) is 1.77. The summed E-state index contributed by atoms with van der Waals surface area (Å²) in [6.07, 6.45) is 1.85. The molecular formula is C13H16IN3. The summed E-state index contributed by atoms with van der Waals surface area (Å²) >= 11 is 2.33. The third-order valence-corrected chi connectivity index (χ3v) is 3.43. The maximum Gasteiger partial charge on any atom is 0.0575 e. The van der Waals surface area contributed by atoms with Gasteiger partial charge in [0.15, 0.2) is 0 Å². The second kappa shape index (κ2) is 5.53. The molecule has 4 heteroatoms. The molecule has 1 aromatic heterocycles. The molecule has 1 heterocycles. The minimum Gasteiger partial charge on any atom is -0.379 e. The van der Waals surface area contributed by atoms with Gasteiger partial charge in [0.25, 0.3) is 0 Å². The van der Waals surface area contributed by atoms with E-state index in [1.54, 1.807) is 0 Å². The number of hydrogen-bond donors (Lipinski definition) is 1. The fourth-order valence-corrected chi connectivity index (χ4v) is 2.26. The number of anilines is 1. The molecule has 0 aliphatic rings. The highest BCUT2D eigenvalue weighted by molar-refractivity contribution is 14.1. The van der Waals surface area contributed by atoms with Gasteiger partial charge >= 0.3 is 0 Å². The molecule has 0 amide bonds. The van der Waals surface area contributed by atoms with Gasteiger partial charge in [-0.2, -0.15) is 5.10 Å². The zero-order chi connectivity index (χ0) is 12.3. The molecule has 0 aliphatic heterocycles. The van der Waals surface area contributed by atoms with Gasteiger partial charge in [-0.25, -0.2) is 0 Å². The molecule has 1 N–H and O–H groups in total. The summed E-state index contributed by atoms with van der Waals surface area (Å²) in [6, 6.07) is 8.49. The van der Waals surface area contributed by atoms with Crippen molar-refractivity contribution in [2.24, 2.45) is 0 Å². The van der Waals surface area contributed by atoms with Crippen molar-refractivity contribution in [2.45, 2.75) is 26.9 Å². The number of benzene rings is 1. The van der Waals surface area contributed by atoms with Crippen molar-refractivity contribution in [3.63, 3.8) is 0 Å². The van der Waals surface area contributed by atoms with E-state index < -0.39 is 0 Å². The van der Waals surface area contributed by atoms with Crippen LogP contribution in [0.4, 0.5) is 5.69 Å². The van der Waals surface area contributed by atoms with Crippen LogP contribution in [-0.2, 0) is 13.1 Å². The van der Waals surface area contributed by atoms with Crippen molar-refractivity contribution in [3.05, 3.63) is 45.3 Å². The van der Waals surface area contributed by atoms with Crippen molar-refractivity contribution in [1.29, 1.82) is 0 Å². The van der Waals surface area contributed by atoms with Gasteiger partial charge in [0.1, 0.15) is 0 Å². The second-order valence-corrected chi connectivity index (χ2v) is 5.20. The molecule has 2 aromatic rings. The minimum atomic E-state index is 0.814. The summed E-state index contributed by atoms with van der Waals surface area (Å²) in [4.78, 5) is 0. The van der Waals surface area contributed by atoms with Crippen LogP contribution in [0.25, 0.3) is 0 Å². The van der Waals surface area contributed by atoms with Gasteiger partial charge in [-0.1, -0.05) is 6.07 Å². The highest BCUT2D eigenvalue weighted by Gasteiger charge is 2.02. The quantitative estimate of drug-likeness (QED) is 0.864. The van der Waals surface area contributed by atoms with Gasteiger partial charge in [-0.05, 0) is 60.2 Å². The molecule has 90 valence electrons. The lowest BCUT2D eigenvalue weighted by Gasteiger charge is -2.11. The van der Waals surface area contributed by atoms with Crippen molar-refractivity contribution >= 4 is 28.3 Å². The number of nitrogens with one attached hydrogen (secondary N) is 1. The molecule has 0 saturated heterocycles. The Balaban J connectivity index is 2.09. The van der Waals surface area contributed by atoms with Gasteiger partial charge in [-0.3, -0.25) is 4.68 Å². The van der Waals surface area contributed by atoms with Crippen LogP contribution in [0.5, 0.6) is 0 Å². The molecule has 1 aromatic carbocycles. The first kappa shape index (κ1) is 12.4. The van der Waals surface area contributed by atoms with E-state index in [0.29, 0.717) is 0 Å². The lowest BCUT2D eigenvalue weighted by molar-refractivity contribution is 0.627. The first-order valence-corrected chi connectivity index (χ1v) is 6.79. The van der Waals surface area contributed by atoms with E-state index in [1.807, 2.05) is 10.9 Å². The molecule has 3 nitrogen and oxygen atoms in total. The molecule has 0 saturated carbocycles. The summed E-state index contributed by atoms with van der Waals surface area (Å²) in [7, 11) is 0. The zero-order valence-corrected chi connectivity index (χ0v) is 12.2. The molecule has 0 spiro atoms. The van der Waals surface area contributed by atoms with Crippen molar-refractivity contribution in [2.75, 3.05) is 5.32 Å². The smallest absolute Gasteiger partial charge is 0.0575 e. The van der Waals surface area contributed by atoms with E-state index in [0.717, 1.165) is 13.1 Å². The van der Waals surface area contributed by atoms with Crippen LogP contribution in [0, 0.1) is 10.5 Å². The van der Waals surface area contributed by atoms with Gasteiger partial charge < -0.3 is 5.32 Å². The Labute approximate surface area is 115 Å². The standard InChI is InChI=1S/C13H16IN3/c1-3-17-12(6-7-16-17)9-15-13-8-11(14)5-4-10(13)2/h4-8,15H,3,9H2,1-2H3. The number of aryl methyl sites for hydroxylation is 2. The lowest BCUT2D eigenvalue weighted by atomic mass is 10.2. The highest BCUT2D eigenvalue weighted by Crippen LogP contribution is 2.18. The number of hydrogen-bond acceptors (Lipinski definition) is 2. The van der Waals surface area contributed by atoms with Gasteiger partial charge in [0.2, 0.25) is 0 Å². The largest absolute Gasteiger partial charge is 0.379 e. The molecule has 0 atom stereocenters. The average Bonchev–Trinajstić information content (AvgIpc) is 2.77. The molecule has 0 radical (unpaired) electrons. The monoisotopic (exact) mass is 341 g/mol. The Morgan fingerprint density at radius 1 is 1.35 bits per heavy atom. The summed E-state index contributed by atoms with van der Waals surface area (Å²) in [5.74, 6) is 0. The minimum absolute atomic E-state index is 0.814. The predicted molar refractivity (Wildman–Crippen MR) is 79.1 cm³/mol. The maximum atomic E-state index is 4.26. The van der Waals surface area contributed by atoms with E-state index >= 15 is 0 Å². The molecule has 0 fully saturated rings. The zero-order valence-electron chi connectivity index (χ0n) is 10.1. The summed E-state index contributed by atoms with van der Waals surface area (Å²) in [6.45, 7) is 5.95. The van der Waals surface area contributed by atoms with Gasteiger partial charge in [0, 0.05) is 22.0 Å². The normalized spacial score (nSPS) is 10.5. The summed E-state index contributed by atoms with van der Waals surface area (Å²) in [5, 5.41) is 7.73. The maximum absolute atomic E-state index is 4.26. The highest BCUT2D eigenvalue weighted by atomic mass is 127. The first-order valence-electron chi connectivity index (χ1n) is 5.71. The van der Waals surface area contributed by atoms with E-state index in [1.165, 1.54) is 20.5 Å². The number of aromatic nitrogens is 2. The predicted octanol–water partition coefficient (Wildman–Crippen LogP) is 3.43. The van der Waals surface area contributed by atoms with Crippen LogP contribution in [0.1, 0.15) is 18.2 Å². The van der Waals surface area contributed by atoms with Crippen LogP contribution in [0.2, 0.25) is 0 Å². The summed E-state index contributed by atoms with van der Waals surface area (Å²) in [5.41, 5.74) is 3.68. The molecule has 0 bridgehead atoms. The number of nitrogens with zero attached hydrogens (tertiary/aromatic N) is 2. The van der Waals surface area contributed by atoms with Crippen LogP contribution >= 0.6 is 22.6 Å². The SMILES string of the molecule is CCn1nccc1CNc1cc(I)ccc1C. The molecular weight excluding hydrogens is 325 g/mol. The van der Waals surface area contributed by atoms with Gasteiger partial charge in [-0.15, -0.1) is 0 Å². The molecule has 0 unspecified atom stereocenters. The second-order valence-electron chi connectivity index (χ2n) is 3.95. The van der Waals surface area contributed by atoms with Gasteiger partial charge in [0.05, 0.1) is 12.2 Å². The molecule has 0 aliphatic carbocycles. The average molecular weight is 341 g/mol.